The topological polar surface area (TPSA) is 26.0 Å². The summed E-state index contributed by atoms with van der Waals surface area (Å²) in [6.45, 7) is 3.61. The van der Waals surface area contributed by atoms with Gasteiger partial charge < -0.3 is 5.73 Å². The summed E-state index contributed by atoms with van der Waals surface area (Å²) in [6.07, 6.45) is 3.39. The second-order valence-corrected chi connectivity index (χ2v) is 3.55. The van der Waals surface area contributed by atoms with Crippen molar-refractivity contribution < 1.29 is 4.39 Å². The van der Waals surface area contributed by atoms with Crippen molar-refractivity contribution >= 4 is 24.0 Å². The van der Waals surface area contributed by atoms with Crippen molar-refractivity contribution in [2.45, 2.75) is 18.9 Å². The Morgan fingerprint density at radius 3 is 2.73 bits per heavy atom. The van der Waals surface area contributed by atoms with Gasteiger partial charge in [-0.3, -0.25) is 0 Å². The molecule has 0 aliphatic carbocycles. The molecule has 0 radical (unpaired) electrons. The average Bonchev–Trinajstić information content (AvgIpc) is 2.18. The third kappa shape index (κ3) is 4.20. The molecule has 1 nitrogen and oxygen atoms in total. The summed E-state index contributed by atoms with van der Waals surface area (Å²) in [5.41, 5.74) is 6.61. The Bertz CT molecular complexity index is 328. The highest BCUT2D eigenvalue weighted by Gasteiger charge is 2.07. The number of hydrogen-bond donors (Lipinski definition) is 1. The molecule has 0 aliphatic rings. The molecule has 0 fully saturated rings. The van der Waals surface area contributed by atoms with E-state index in [2.05, 4.69) is 6.58 Å². The Kier molecular flexibility index (Phi) is 6.57. The molecule has 0 aromatic heterocycles. The van der Waals surface area contributed by atoms with Gasteiger partial charge in [-0.2, -0.15) is 0 Å². The first-order chi connectivity index (χ1) is 6.65. The molecule has 0 amide bonds. The van der Waals surface area contributed by atoms with E-state index in [0.29, 0.717) is 0 Å². The Morgan fingerprint density at radius 2 is 2.20 bits per heavy atom. The van der Waals surface area contributed by atoms with E-state index in [4.69, 9.17) is 17.3 Å². The summed E-state index contributed by atoms with van der Waals surface area (Å²) in [6, 6.07) is 4.51. The predicted molar refractivity (Wildman–Crippen MR) is 65.0 cm³/mol. The first-order valence-corrected chi connectivity index (χ1v) is 4.84. The summed E-state index contributed by atoms with van der Waals surface area (Å²) >= 11 is 5.56. The van der Waals surface area contributed by atoms with Crippen molar-refractivity contribution in [1.29, 1.82) is 0 Å². The maximum atomic E-state index is 13.1. The van der Waals surface area contributed by atoms with Crippen LogP contribution in [0.5, 0.6) is 0 Å². The van der Waals surface area contributed by atoms with Crippen molar-refractivity contribution in [3.8, 4) is 0 Å². The smallest absolute Gasteiger partial charge is 0.142 e. The van der Waals surface area contributed by atoms with Gasteiger partial charge in [0.25, 0.3) is 0 Å². The van der Waals surface area contributed by atoms with Crippen molar-refractivity contribution in [2.75, 3.05) is 0 Å². The highest BCUT2D eigenvalue weighted by molar-refractivity contribution is 6.30. The van der Waals surface area contributed by atoms with E-state index in [1.807, 2.05) is 0 Å². The van der Waals surface area contributed by atoms with Gasteiger partial charge in [-0.15, -0.1) is 19.0 Å². The lowest BCUT2D eigenvalue weighted by atomic mass is 10.0. The summed E-state index contributed by atoms with van der Waals surface area (Å²) < 4.78 is 13.1. The minimum absolute atomic E-state index is 0. The fourth-order valence-electron chi connectivity index (χ4n) is 1.21. The third-order valence-corrected chi connectivity index (χ3v) is 2.36. The molecule has 2 N–H and O–H groups in total. The lowest BCUT2D eigenvalue weighted by molar-refractivity contribution is 0.612. The molecule has 1 aromatic rings. The zero-order valence-corrected chi connectivity index (χ0v) is 9.82. The van der Waals surface area contributed by atoms with Crippen LogP contribution in [0.2, 0.25) is 5.02 Å². The van der Waals surface area contributed by atoms with Crippen LogP contribution in [0.25, 0.3) is 0 Å². The second kappa shape index (κ2) is 6.83. The summed E-state index contributed by atoms with van der Waals surface area (Å²) in [5, 5.41) is 0.129. The molecule has 0 unspecified atom stereocenters. The van der Waals surface area contributed by atoms with Crippen molar-refractivity contribution in [1.82, 2.24) is 0 Å². The van der Waals surface area contributed by atoms with E-state index in [1.54, 1.807) is 12.1 Å². The number of hydrogen-bond acceptors (Lipinski definition) is 1. The number of halogens is 3. The summed E-state index contributed by atoms with van der Waals surface area (Å²) in [5.74, 6) is -0.418. The number of allylic oxidation sites excluding steroid dienone is 1. The van der Waals surface area contributed by atoms with Crippen LogP contribution < -0.4 is 5.73 Å². The van der Waals surface area contributed by atoms with Gasteiger partial charge in [-0.1, -0.05) is 23.7 Å². The standard InChI is InChI=1S/C11H13ClFN.ClH/c1-2-3-4-11(14)8-5-6-9(12)10(13)7-8;/h2,5-7,11H,1,3-4,14H2;1H/t11-;/m0./s1. The van der Waals surface area contributed by atoms with E-state index in [0.717, 1.165) is 18.4 Å². The molecule has 15 heavy (non-hydrogen) atoms. The highest BCUT2D eigenvalue weighted by atomic mass is 35.5. The van der Waals surface area contributed by atoms with Crippen molar-refractivity contribution in [3.05, 3.63) is 47.3 Å². The molecule has 1 aromatic carbocycles. The first-order valence-electron chi connectivity index (χ1n) is 4.46. The fraction of sp³-hybridized carbons (Fsp3) is 0.273. The maximum Gasteiger partial charge on any atom is 0.142 e. The van der Waals surface area contributed by atoms with Crippen LogP contribution in [0.4, 0.5) is 4.39 Å². The number of nitrogens with two attached hydrogens (primary N) is 1. The number of rotatable bonds is 4. The van der Waals surface area contributed by atoms with Gasteiger partial charge in [0, 0.05) is 6.04 Å². The Balaban J connectivity index is 0.00000196. The van der Waals surface area contributed by atoms with Crippen molar-refractivity contribution in [3.63, 3.8) is 0 Å². The third-order valence-electron chi connectivity index (χ3n) is 2.05. The monoisotopic (exact) mass is 249 g/mol. The first kappa shape index (κ1) is 14.4. The van der Waals surface area contributed by atoms with Crippen LogP contribution in [-0.2, 0) is 0 Å². The molecule has 0 heterocycles. The summed E-state index contributed by atoms with van der Waals surface area (Å²) in [7, 11) is 0. The average molecular weight is 250 g/mol. The fourth-order valence-corrected chi connectivity index (χ4v) is 1.32. The van der Waals surface area contributed by atoms with E-state index < -0.39 is 5.82 Å². The van der Waals surface area contributed by atoms with E-state index in [1.165, 1.54) is 12.1 Å². The van der Waals surface area contributed by atoms with E-state index >= 15 is 0 Å². The Labute approximate surface area is 101 Å². The SMILES string of the molecule is C=CCC[C@H](N)c1ccc(Cl)c(F)c1.Cl. The molecular weight excluding hydrogens is 236 g/mol. The van der Waals surface area contributed by atoms with Crippen LogP contribution in [0, 0.1) is 5.82 Å². The minimum atomic E-state index is -0.418. The van der Waals surface area contributed by atoms with Crippen LogP contribution in [-0.4, -0.2) is 0 Å². The maximum absolute atomic E-state index is 13.1. The molecular formula is C11H14Cl2FN. The van der Waals surface area contributed by atoms with Gasteiger partial charge in [-0.25, -0.2) is 4.39 Å². The molecule has 0 spiro atoms. The molecule has 0 aliphatic heterocycles. The Morgan fingerprint density at radius 1 is 1.53 bits per heavy atom. The molecule has 1 rings (SSSR count). The summed E-state index contributed by atoms with van der Waals surface area (Å²) in [4.78, 5) is 0. The van der Waals surface area contributed by atoms with Gasteiger partial charge in [0.2, 0.25) is 0 Å². The van der Waals surface area contributed by atoms with E-state index in [9.17, 15) is 4.39 Å². The molecule has 84 valence electrons. The van der Waals surface area contributed by atoms with Gasteiger partial charge in [-0.05, 0) is 30.5 Å². The zero-order valence-electron chi connectivity index (χ0n) is 8.25. The molecule has 0 saturated carbocycles. The molecule has 0 bridgehead atoms. The van der Waals surface area contributed by atoms with E-state index in [-0.39, 0.29) is 23.5 Å². The lowest BCUT2D eigenvalue weighted by Gasteiger charge is -2.10. The van der Waals surface area contributed by atoms with Crippen LogP contribution in [0.1, 0.15) is 24.4 Å². The highest BCUT2D eigenvalue weighted by Crippen LogP contribution is 2.21. The van der Waals surface area contributed by atoms with Crippen molar-refractivity contribution in [2.24, 2.45) is 5.73 Å². The Hall–Kier alpha value is -0.570. The van der Waals surface area contributed by atoms with Gasteiger partial charge >= 0.3 is 0 Å². The van der Waals surface area contributed by atoms with Gasteiger partial charge in [0.05, 0.1) is 5.02 Å². The normalized spacial score (nSPS) is 11.7. The molecule has 0 saturated heterocycles. The minimum Gasteiger partial charge on any atom is -0.324 e. The molecule has 4 heteroatoms. The van der Waals surface area contributed by atoms with Crippen LogP contribution in [0.3, 0.4) is 0 Å². The van der Waals surface area contributed by atoms with Crippen LogP contribution in [0.15, 0.2) is 30.9 Å². The predicted octanol–water partition coefficient (Wildman–Crippen LogP) is 3.87. The van der Waals surface area contributed by atoms with Crippen LogP contribution >= 0.6 is 24.0 Å². The second-order valence-electron chi connectivity index (χ2n) is 3.15. The lowest BCUT2D eigenvalue weighted by Crippen LogP contribution is -2.09. The van der Waals surface area contributed by atoms with Gasteiger partial charge in [0.1, 0.15) is 5.82 Å². The van der Waals surface area contributed by atoms with Gasteiger partial charge in [0.15, 0.2) is 0 Å². The molecule has 1 atom stereocenters. The quantitative estimate of drug-likeness (QED) is 0.806. The number of benzene rings is 1. The zero-order chi connectivity index (χ0) is 10.6. The largest absolute Gasteiger partial charge is 0.324 e.